The molecule has 3 aromatic rings. The molecule has 146 valence electrons. The van der Waals surface area contributed by atoms with Gasteiger partial charge in [0.15, 0.2) is 5.76 Å². The predicted molar refractivity (Wildman–Crippen MR) is 112 cm³/mol. The molecule has 8 nitrogen and oxygen atoms in total. The molecule has 4 rings (SSSR count). The van der Waals surface area contributed by atoms with Gasteiger partial charge in [-0.3, -0.25) is 10.1 Å². The molecule has 2 heterocycles. The predicted octanol–water partition coefficient (Wildman–Crippen LogP) is 4.58. The summed E-state index contributed by atoms with van der Waals surface area (Å²) >= 11 is 3.44. The van der Waals surface area contributed by atoms with Gasteiger partial charge in [-0.1, -0.05) is 28.1 Å². The van der Waals surface area contributed by atoms with Crippen molar-refractivity contribution in [3.63, 3.8) is 0 Å². The molecule has 0 amide bonds. The molecule has 0 saturated heterocycles. The molecule has 0 spiro atoms. The van der Waals surface area contributed by atoms with Crippen LogP contribution < -0.4 is 5.73 Å². The van der Waals surface area contributed by atoms with Gasteiger partial charge >= 0.3 is 0 Å². The summed E-state index contributed by atoms with van der Waals surface area (Å²) in [5, 5.41) is 31.4. The normalized spacial score (nSPS) is 16.2. The highest BCUT2D eigenvalue weighted by Crippen LogP contribution is 2.43. The molecule has 1 aliphatic heterocycles. The molecule has 0 saturated carbocycles. The fourth-order valence-electron chi connectivity index (χ4n) is 3.48. The van der Waals surface area contributed by atoms with E-state index in [4.69, 9.17) is 10.5 Å². The van der Waals surface area contributed by atoms with Crippen molar-refractivity contribution in [2.75, 3.05) is 0 Å². The SMILES string of the molecule is N#CC1=C(N)OC(c2c[nH]c3ccc(Br)cc23)=C(C#N)C1c1ccc([N+](=O)[O-])cc1. The van der Waals surface area contributed by atoms with Gasteiger partial charge in [0, 0.05) is 39.3 Å². The van der Waals surface area contributed by atoms with Gasteiger partial charge in [0.05, 0.1) is 22.5 Å². The topological polar surface area (TPSA) is 142 Å². The van der Waals surface area contributed by atoms with Gasteiger partial charge in [0.25, 0.3) is 5.69 Å². The van der Waals surface area contributed by atoms with Crippen LogP contribution in [0.3, 0.4) is 0 Å². The molecular formula is C21H12BrN5O3. The Bertz CT molecular complexity index is 1340. The molecule has 0 bridgehead atoms. The van der Waals surface area contributed by atoms with Crippen LogP contribution in [0.15, 0.2) is 70.2 Å². The van der Waals surface area contributed by atoms with Gasteiger partial charge in [-0.15, -0.1) is 0 Å². The van der Waals surface area contributed by atoms with E-state index in [1.54, 1.807) is 6.20 Å². The Morgan fingerprint density at radius 2 is 1.83 bits per heavy atom. The molecule has 1 atom stereocenters. The Morgan fingerprint density at radius 3 is 2.47 bits per heavy atom. The van der Waals surface area contributed by atoms with E-state index in [9.17, 15) is 20.6 Å². The minimum atomic E-state index is -0.804. The molecule has 1 aliphatic rings. The highest BCUT2D eigenvalue weighted by Gasteiger charge is 2.34. The maximum absolute atomic E-state index is 11.0. The van der Waals surface area contributed by atoms with Crippen LogP contribution in [-0.4, -0.2) is 9.91 Å². The standard InChI is InChI=1S/C21H12BrN5O3/c22-12-3-6-18-14(7-12)17(10-26-18)20-15(8-23)19(16(9-24)21(25)30-20)11-1-4-13(5-2-11)27(28)29/h1-7,10,19,26H,25H2. The lowest BCUT2D eigenvalue weighted by Gasteiger charge is -2.25. The number of benzene rings is 2. The van der Waals surface area contributed by atoms with E-state index in [2.05, 4.69) is 27.0 Å². The Balaban J connectivity index is 1.94. The molecule has 0 fully saturated rings. The minimum absolute atomic E-state index is 0.0742. The molecular weight excluding hydrogens is 450 g/mol. The van der Waals surface area contributed by atoms with Crippen LogP contribution in [0.2, 0.25) is 0 Å². The van der Waals surface area contributed by atoms with E-state index in [0.29, 0.717) is 11.1 Å². The van der Waals surface area contributed by atoms with Crippen LogP contribution in [0.1, 0.15) is 17.0 Å². The second-order valence-electron chi connectivity index (χ2n) is 6.52. The van der Waals surface area contributed by atoms with E-state index in [1.807, 2.05) is 24.3 Å². The van der Waals surface area contributed by atoms with Gasteiger partial charge < -0.3 is 15.5 Å². The number of ether oxygens (including phenoxy) is 1. The number of allylic oxidation sites excluding steroid dienone is 2. The van der Waals surface area contributed by atoms with E-state index in [0.717, 1.165) is 15.4 Å². The first kappa shape index (κ1) is 19.2. The summed E-state index contributed by atoms with van der Waals surface area (Å²) in [7, 11) is 0. The highest BCUT2D eigenvalue weighted by molar-refractivity contribution is 9.10. The molecule has 0 radical (unpaired) electrons. The van der Waals surface area contributed by atoms with Gasteiger partial charge in [-0.2, -0.15) is 10.5 Å². The first-order valence-electron chi connectivity index (χ1n) is 8.67. The number of halogens is 1. The Kier molecular flexibility index (Phi) is 4.74. The van der Waals surface area contributed by atoms with E-state index < -0.39 is 10.8 Å². The number of nitro groups is 1. The number of nitrogens with zero attached hydrogens (tertiary/aromatic N) is 3. The quantitative estimate of drug-likeness (QED) is 0.431. The molecule has 0 aliphatic carbocycles. The van der Waals surface area contributed by atoms with Crippen LogP contribution in [0, 0.1) is 32.8 Å². The van der Waals surface area contributed by atoms with Gasteiger partial charge in [0.1, 0.15) is 11.6 Å². The summed E-state index contributed by atoms with van der Waals surface area (Å²) in [6, 6.07) is 15.5. The monoisotopic (exact) mass is 461 g/mol. The Hall–Kier alpha value is -4.08. The number of nitriles is 2. The van der Waals surface area contributed by atoms with Crippen molar-refractivity contribution in [3.8, 4) is 12.1 Å². The maximum Gasteiger partial charge on any atom is 0.269 e. The second-order valence-corrected chi connectivity index (χ2v) is 7.44. The summed E-state index contributed by atoms with van der Waals surface area (Å²) < 4.78 is 6.59. The summed E-state index contributed by atoms with van der Waals surface area (Å²) in [4.78, 5) is 13.6. The summed E-state index contributed by atoms with van der Waals surface area (Å²) in [5.74, 6) is -0.678. The van der Waals surface area contributed by atoms with Crippen molar-refractivity contribution in [1.29, 1.82) is 10.5 Å². The molecule has 30 heavy (non-hydrogen) atoms. The zero-order valence-electron chi connectivity index (χ0n) is 15.2. The van der Waals surface area contributed by atoms with Crippen molar-refractivity contribution in [2.45, 2.75) is 5.92 Å². The van der Waals surface area contributed by atoms with Crippen LogP contribution in [0.4, 0.5) is 5.69 Å². The van der Waals surface area contributed by atoms with Crippen molar-refractivity contribution in [2.24, 2.45) is 5.73 Å². The smallest absolute Gasteiger partial charge is 0.269 e. The largest absolute Gasteiger partial charge is 0.439 e. The Morgan fingerprint density at radius 1 is 1.13 bits per heavy atom. The van der Waals surface area contributed by atoms with E-state index in [1.165, 1.54) is 24.3 Å². The summed E-state index contributed by atoms with van der Waals surface area (Å²) in [6.07, 6.45) is 1.71. The zero-order valence-corrected chi connectivity index (χ0v) is 16.8. The number of rotatable bonds is 3. The number of nitro benzene ring substituents is 1. The third kappa shape index (κ3) is 3.08. The van der Waals surface area contributed by atoms with E-state index in [-0.39, 0.29) is 28.5 Å². The van der Waals surface area contributed by atoms with Gasteiger partial charge in [-0.25, -0.2) is 0 Å². The minimum Gasteiger partial charge on any atom is -0.439 e. The van der Waals surface area contributed by atoms with Crippen LogP contribution in [0.25, 0.3) is 16.7 Å². The lowest BCUT2D eigenvalue weighted by atomic mass is 9.82. The van der Waals surface area contributed by atoms with Crippen molar-refractivity contribution in [3.05, 3.63) is 91.4 Å². The summed E-state index contributed by atoms with van der Waals surface area (Å²) in [6.45, 7) is 0. The molecule has 3 N–H and O–H groups in total. The van der Waals surface area contributed by atoms with Crippen LogP contribution in [-0.2, 0) is 4.74 Å². The number of nitrogens with one attached hydrogen (secondary N) is 1. The van der Waals surface area contributed by atoms with Crippen molar-refractivity contribution < 1.29 is 9.66 Å². The van der Waals surface area contributed by atoms with Crippen LogP contribution >= 0.6 is 15.9 Å². The first-order valence-corrected chi connectivity index (χ1v) is 9.47. The van der Waals surface area contributed by atoms with Crippen LogP contribution in [0.5, 0.6) is 0 Å². The average Bonchev–Trinajstić information content (AvgIpc) is 3.15. The number of H-pyrrole nitrogens is 1. The van der Waals surface area contributed by atoms with Gasteiger partial charge in [0.2, 0.25) is 5.88 Å². The first-order chi connectivity index (χ1) is 14.4. The summed E-state index contributed by atoms with van der Waals surface area (Å²) in [5.41, 5.74) is 8.20. The average molecular weight is 462 g/mol. The number of aromatic nitrogens is 1. The fourth-order valence-corrected chi connectivity index (χ4v) is 3.84. The highest BCUT2D eigenvalue weighted by atomic mass is 79.9. The third-order valence-electron chi connectivity index (χ3n) is 4.87. The maximum atomic E-state index is 11.0. The number of non-ortho nitro benzene ring substituents is 1. The number of aromatic amines is 1. The molecule has 9 heteroatoms. The number of nitrogens with two attached hydrogens (primary N) is 1. The molecule has 1 aromatic heterocycles. The van der Waals surface area contributed by atoms with E-state index >= 15 is 0 Å². The molecule has 1 unspecified atom stereocenters. The number of fused-ring (bicyclic) bond motifs is 1. The fraction of sp³-hybridized carbons (Fsp3) is 0.0476. The lowest BCUT2D eigenvalue weighted by molar-refractivity contribution is -0.384. The van der Waals surface area contributed by atoms with Gasteiger partial charge in [-0.05, 0) is 23.8 Å². The number of hydrogen-bond acceptors (Lipinski definition) is 6. The molecule has 2 aromatic carbocycles. The lowest BCUT2D eigenvalue weighted by Crippen LogP contribution is -2.20. The zero-order chi connectivity index (χ0) is 21.4. The van der Waals surface area contributed by atoms with Crippen molar-refractivity contribution >= 4 is 38.3 Å². The third-order valence-corrected chi connectivity index (χ3v) is 5.36. The number of hydrogen-bond donors (Lipinski definition) is 2. The Labute approximate surface area is 178 Å². The van der Waals surface area contributed by atoms with Crippen molar-refractivity contribution in [1.82, 2.24) is 4.98 Å². The second kappa shape index (κ2) is 7.39.